The zero-order valence-corrected chi connectivity index (χ0v) is 11.7. The molecule has 3 nitrogen and oxygen atoms in total. The molecule has 100 valence electrons. The van der Waals surface area contributed by atoms with Gasteiger partial charge in [-0.15, -0.1) is 0 Å². The summed E-state index contributed by atoms with van der Waals surface area (Å²) >= 11 is 0. The van der Waals surface area contributed by atoms with Gasteiger partial charge in [0.15, 0.2) is 0 Å². The van der Waals surface area contributed by atoms with E-state index in [0.29, 0.717) is 0 Å². The van der Waals surface area contributed by atoms with Gasteiger partial charge in [-0.2, -0.15) is 8.42 Å². The summed E-state index contributed by atoms with van der Waals surface area (Å²) in [6.45, 7) is 2.07. The summed E-state index contributed by atoms with van der Waals surface area (Å²) in [6, 6.07) is 8.17. The van der Waals surface area contributed by atoms with Gasteiger partial charge in [0.1, 0.15) is 0 Å². The number of hydrogen-bond donors (Lipinski definition) is 0. The number of benzene rings is 1. The fourth-order valence-corrected chi connectivity index (χ4v) is 3.47. The smallest absolute Gasteiger partial charge is 0.264 e. The Balaban J connectivity index is 2.26. The van der Waals surface area contributed by atoms with Gasteiger partial charge in [-0.1, -0.05) is 37.1 Å². The highest BCUT2D eigenvalue weighted by atomic mass is 32.2. The first-order chi connectivity index (χ1) is 8.47. The van der Waals surface area contributed by atoms with Crippen LogP contribution in [-0.2, 0) is 14.3 Å². The summed E-state index contributed by atoms with van der Waals surface area (Å²) in [4.78, 5) is 0. The van der Waals surface area contributed by atoms with Crippen LogP contribution in [0, 0.1) is 6.92 Å². The zero-order valence-electron chi connectivity index (χ0n) is 10.9. The van der Waals surface area contributed by atoms with E-state index in [0.717, 1.165) is 31.9 Å². The zero-order chi connectivity index (χ0) is 13.2. The van der Waals surface area contributed by atoms with Crippen LogP contribution >= 0.6 is 0 Å². The average molecular weight is 268 g/mol. The molecule has 0 heterocycles. The maximum absolute atomic E-state index is 11.3. The monoisotopic (exact) mass is 268 g/mol. The second kappa shape index (κ2) is 5.41. The van der Waals surface area contributed by atoms with E-state index < -0.39 is 10.1 Å². The summed E-state index contributed by atoms with van der Waals surface area (Å²) in [5.74, 6) is 0.203. The Hall–Kier alpha value is -0.870. The molecule has 4 heteroatoms. The van der Waals surface area contributed by atoms with Crippen molar-refractivity contribution in [3.63, 3.8) is 0 Å². The minimum Gasteiger partial charge on any atom is -0.266 e. The van der Waals surface area contributed by atoms with Crippen molar-refractivity contribution >= 4 is 10.1 Å². The van der Waals surface area contributed by atoms with Crippen molar-refractivity contribution in [3.05, 3.63) is 35.4 Å². The second-order valence-electron chi connectivity index (χ2n) is 5.09. The SMILES string of the molecule is Cc1ccccc1[C@H]1CCCC[C@@H]1OS(C)(=O)=O. The molecule has 1 fully saturated rings. The third kappa shape index (κ3) is 3.33. The Labute approximate surface area is 109 Å². The van der Waals surface area contributed by atoms with Crippen LogP contribution in [0.1, 0.15) is 42.7 Å². The molecule has 1 aliphatic rings. The minimum absolute atomic E-state index is 0.199. The second-order valence-corrected chi connectivity index (χ2v) is 6.69. The molecule has 1 aliphatic carbocycles. The van der Waals surface area contributed by atoms with Crippen LogP contribution in [0.5, 0.6) is 0 Å². The topological polar surface area (TPSA) is 43.4 Å². The Morgan fingerprint density at radius 2 is 1.83 bits per heavy atom. The number of hydrogen-bond acceptors (Lipinski definition) is 3. The van der Waals surface area contributed by atoms with E-state index in [9.17, 15) is 8.42 Å². The van der Waals surface area contributed by atoms with Crippen LogP contribution in [-0.4, -0.2) is 20.8 Å². The normalized spacial score (nSPS) is 25.0. The largest absolute Gasteiger partial charge is 0.266 e. The summed E-state index contributed by atoms with van der Waals surface area (Å²) in [7, 11) is -3.38. The summed E-state index contributed by atoms with van der Waals surface area (Å²) in [5, 5.41) is 0. The van der Waals surface area contributed by atoms with Crippen molar-refractivity contribution in [2.45, 2.75) is 44.6 Å². The van der Waals surface area contributed by atoms with Gasteiger partial charge in [-0.3, -0.25) is 4.18 Å². The predicted octanol–water partition coefficient (Wildman–Crippen LogP) is 3.00. The third-order valence-corrected chi connectivity index (χ3v) is 4.19. The molecule has 0 radical (unpaired) electrons. The standard InChI is InChI=1S/C14H20O3S/c1-11-7-3-4-8-12(11)13-9-5-6-10-14(13)17-18(2,15)16/h3-4,7-8,13-14H,5-6,9-10H2,1-2H3/t13-,14+/m1/s1. The Bertz CT molecular complexity index is 508. The minimum atomic E-state index is -3.38. The molecule has 0 N–H and O–H groups in total. The molecule has 1 saturated carbocycles. The summed E-state index contributed by atoms with van der Waals surface area (Å²) in [5.41, 5.74) is 2.44. The number of aryl methyl sites for hydroxylation is 1. The van der Waals surface area contributed by atoms with E-state index in [4.69, 9.17) is 4.18 Å². The highest BCUT2D eigenvalue weighted by Crippen LogP contribution is 2.36. The van der Waals surface area contributed by atoms with Gasteiger partial charge in [0.25, 0.3) is 10.1 Å². The van der Waals surface area contributed by atoms with Gasteiger partial charge in [-0.25, -0.2) is 0 Å². The molecule has 0 spiro atoms. The lowest BCUT2D eigenvalue weighted by atomic mass is 9.80. The summed E-state index contributed by atoms with van der Waals surface area (Å²) in [6.07, 6.45) is 4.95. The lowest BCUT2D eigenvalue weighted by Crippen LogP contribution is -2.28. The molecule has 0 unspecified atom stereocenters. The average Bonchev–Trinajstić information content (AvgIpc) is 2.29. The van der Waals surface area contributed by atoms with E-state index in [1.807, 2.05) is 12.1 Å². The molecule has 0 bridgehead atoms. The first-order valence-electron chi connectivity index (χ1n) is 6.41. The van der Waals surface area contributed by atoms with E-state index in [1.54, 1.807) is 0 Å². The maximum atomic E-state index is 11.3. The molecular formula is C14H20O3S. The molecule has 0 aromatic heterocycles. The van der Waals surface area contributed by atoms with Crippen LogP contribution in [0.25, 0.3) is 0 Å². The highest BCUT2D eigenvalue weighted by molar-refractivity contribution is 7.86. The van der Waals surface area contributed by atoms with Crippen molar-refractivity contribution in [1.29, 1.82) is 0 Å². The molecule has 0 amide bonds. The Morgan fingerprint density at radius 1 is 1.17 bits per heavy atom. The van der Waals surface area contributed by atoms with E-state index in [2.05, 4.69) is 19.1 Å². The molecule has 0 saturated heterocycles. The van der Waals surface area contributed by atoms with Crippen molar-refractivity contribution in [2.24, 2.45) is 0 Å². The van der Waals surface area contributed by atoms with E-state index in [1.165, 1.54) is 11.1 Å². The van der Waals surface area contributed by atoms with Crippen LogP contribution in [0.3, 0.4) is 0 Å². The molecule has 0 aliphatic heterocycles. The van der Waals surface area contributed by atoms with Gasteiger partial charge in [0.05, 0.1) is 12.4 Å². The molecule has 1 aromatic rings. The van der Waals surface area contributed by atoms with E-state index >= 15 is 0 Å². The summed E-state index contributed by atoms with van der Waals surface area (Å²) < 4.78 is 28.0. The van der Waals surface area contributed by atoms with Crippen LogP contribution in [0.2, 0.25) is 0 Å². The van der Waals surface area contributed by atoms with Crippen molar-refractivity contribution in [3.8, 4) is 0 Å². The molecular weight excluding hydrogens is 248 g/mol. The molecule has 1 aromatic carbocycles. The van der Waals surface area contributed by atoms with Crippen molar-refractivity contribution in [1.82, 2.24) is 0 Å². The van der Waals surface area contributed by atoms with Gasteiger partial charge in [0.2, 0.25) is 0 Å². The van der Waals surface area contributed by atoms with Gasteiger partial charge >= 0.3 is 0 Å². The lowest BCUT2D eigenvalue weighted by Gasteiger charge is -2.31. The van der Waals surface area contributed by atoms with Crippen LogP contribution in [0.15, 0.2) is 24.3 Å². The fraction of sp³-hybridized carbons (Fsp3) is 0.571. The maximum Gasteiger partial charge on any atom is 0.264 e. The molecule has 18 heavy (non-hydrogen) atoms. The first-order valence-corrected chi connectivity index (χ1v) is 8.23. The van der Waals surface area contributed by atoms with E-state index in [-0.39, 0.29) is 12.0 Å². The Morgan fingerprint density at radius 3 is 2.50 bits per heavy atom. The van der Waals surface area contributed by atoms with Crippen molar-refractivity contribution in [2.75, 3.05) is 6.26 Å². The van der Waals surface area contributed by atoms with Gasteiger partial charge in [-0.05, 0) is 30.9 Å². The van der Waals surface area contributed by atoms with Gasteiger partial charge in [0, 0.05) is 5.92 Å². The third-order valence-electron chi connectivity index (χ3n) is 3.59. The van der Waals surface area contributed by atoms with Crippen LogP contribution in [0.4, 0.5) is 0 Å². The Kier molecular flexibility index (Phi) is 4.07. The lowest BCUT2D eigenvalue weighted by molar-refractivity contribution is 0.138. The quantitative estimate of drug-likeness (QED) is 0.791. The van der Waals surface area contributed by atoms with Gasteiger partial charge < -0.3 is 0 Å². The van der Waals surface area contributed by atoms with Crippen molar-refractivity contribution < 1.29 is 12.6 Å². The first kappa shape index (κ1) is 13.6. The fourth-order valence-electron chi connectivity index (χ4n) is 2.80. The molecule has 2 atom stereocenters. The highest BCUT2D eigenvalue weighted by Gasteiger charge is 2.30. The molecule has 2 rings (SSSR count). The predicted molar refractivity (Wildman–Crippen MR) is 72.1 cm³/mol. The number of rotatable bonds is 3. The van der Waals surface area contributed by atoms with Crippen LogP contribution < -0.4 is 0 Å².